The minimum absolute atomic E-state index is 0.0752. The maximum atomic E-state index is 12.8. The number of carbonyl (C=O) groups excluding carboxylic acids is 1. The molecule has 0 spiro atoms. The monoisotopic (exact) mass is 381 g/mol. The lowest BCUT2D eigenvalue weighted by Crippen LogP contribution is -2.61. The number of hydrogen-bond acceptors (Lipinski definition) is 5. The van der Waals surface area contributed by atoms with E-state index in [0.717, 1.165) is 5.69 Å². The molecule has 0 saturated carbocycles. The van der Waals surface area contributed by atoms with Crippen molar-refractivity contribution in [3.63, 3.8) is 0 Å². The Morgan fingerprint density at radius 2 is 1.77 bits per heavy atom. The first-order valence-corrected chi connectivity index (χ1v) is 10.7. The molecular formula is C18H27N3O4S. The van der Waals surface area contributed by atoms with Crippen molar-refractivity contribution in [3.8, 4) is 0 Å². The van der Waals surface area contributed by atoms with Gasteiger partial charge in [-0.15, -0.1) is 0 Å². The first-order chi connectivity index (χ1) is 12.1. The summed E-state index contributed by atoms with van der Waals surface area (Å²) in [4.78, 5) is 16.5. The highest BCUT2D eigenvalue weighted by Gasteiger charge is 2.47. The van der Waals surface area contributed by atoms with Gasteiger partial charge in [0, 0.05) is 57.4 Å². The van der Waals surface area contributed by atoms with Crippen molar-refractivity contribution in [3.05, 3.63) is 29.8 Å². The summed E-state index contributed by atoms with van der Waals surface area (Å²) in [5, 5.41) is 10.9. The van der Waals surface area contributed by atoms with Gasteiger partial charge in [0.1, 0.15) is 0 Å². The van der Waals surface area contributed by atoms with Gasteiger partial charge in [-0.3, -0.25) is 4.79 Å². The number of aliphatic hydroxyl groups is 1. The van der Waals surface area contributed by atoms with Gasteiger partial charge in [0.25, 0.3) is 5.91 Å². The van der Waals surface area contributed by atoms with Gasteiger partial charge in [-0.1, -0.05) is 0 Å². The van der Waals surface area contributed by atoms with E-state index in [1.54, 1.807) is 4.90 Å². The Labute approximate surface area is 155 Å². The molecule has 0 aromatic heterocycles. The molecule has 0 bridgehead atoms. The summed E-state index contributed by atoms with van der Waals surface area (Å²) in [6.07, 6.45) is 2.09. The van der Waals surface area contributed by atoms with Crippen molar-refractivity contribution in [2.45, 2.75) is 18.4 Å². The zero-order valence-corrected chi connectivity index (χ0v) is 16.4. The second-order valence-corrected chi connectivity index (χ2v) is 9.60. The lowest BCUT2D eigenvalue weighted by Gasteiger charge is -2.49. The summed E-state index contributed by atoms with van der Waals surface area (Å²) in [6.45, 7) is 1.46. The van der Waals surface area contributed by atoms with Crippen molar-refractivity contribution in [1.29, 1.82) is 0 Å². The average molecular weight is 381 g/mol. The number of likely N-dealkylation sites (tertiary alicyclic amines) is 1. The molecule has 2 aliphatic heterocycles. The lowest BCUT2D eigenvalue weighted by molar-refractivity contribution is -0.0946. The minimum atomic E-state index is -3.29. The highest BCUT2D eigenvalue weighted by atomic mass is 32.2. The quantitative estimate of drug-likeness (QED) is 0.830. The number of anilines is 1. The number of fused-ring (bicyclic) bond motifs is 1. The van der Waals surface area contributed by atoms with Gasteiger partial charge in [0.2, 0.25) is 10.0 Å². The number of rotatable bonds is 3. The summed E-state index contributed by atoms with van der Waals surface area (Å²) in [6, 6.07) is 7.42. The van der Waals surface area contributed by atoms with Crippen LogP contribution in [0.3, 0.4) is 0 Å². The lowest BCUT2D eigenvalue weighted by atomic mass is 9.76. The summed E-state index contributed by atoms with van der Waals surface area (Å²) in [5.41, 5.74) is 0.745. The number of sulfonamides is 1. The van der Waals surface area contributed by atoms with E-state index < -0.39 is 15.6 Å². The van der Waals surface area contributed by atoms with Gasteiger partial charge in [-0.25, -0.2) is 12.7 Å². The van der Waals surface area contributed by atoms with E-state index in [1.807, 2.05) is 43.3 Å². The fourth-order valence-corrected chi connectivity index (χ4v) is 4.72. The predicted molar refractivity (Wildman–Crippen MR) is 101 cm³/mol. The molecule has 144 valence electrons. The molecule has 1 aromatic carbocycles. The van der Waals surface area contributed by atoms with Gasteiger partial charge in [0.15, 0.2) is 0 Å². The Kier molecular flexibility index (Phi) is 5.02. The molecule has 0 radical (unpaired) electrons. The molecule has 7 nitrogen and oxygen atoms in total. The highest BCUT2D eigenvalue weighted by molar-refractivity contribution is 7.88. The fraction of sp³-hybridized carbons (Fsp3) is 0.611. The molecule has 2 heterocycles. The Morgan fingerprint density at radius 3 is 2.35 bits per heavy atom. The summed E-state index contributed by atoms with van der Waals surface area (Å²) in [7, 11) is 0.595. The molecule has 2 fully saturated rings. The van der Waals surface area contributed by atoms with E-state index in [9.17, 15) is 18.3 Å². The van der Waals surface area contributed by atoms with Crippen LogP contribution in [0.15, 0.2) is 24.3 Å². The fourth-order valence-electron chi connectivity index (χ4n) is 3.84. The summed E-state index contributed by atoms with van der Waals surface area (Å²) >= 11 is 0. The van der Waals surface area contributed by atoms with Crippen LogP contribution in [-0.4, -0.2) is 80.8 Å². The van der Waals surface area contributed by atoms with Crippen LogP contribution in [0.25, 0.3) is 0 Å². The van der Waals surface area contributed by atoms with Crippen LogP contribution < -0.4 is 4.90 Å². The van der Waals surface area contributed by atoms with Crippen molar-refractivity contribution in [2.75, 3.05) is 51.4 Å². The Hall–Kier alpha value is -1.64. The van der Waals surface area contributed by atoms with Crippen LogP contribution in [-0.2, 0) is 10.0 Å². The van der Waals surface area contributed by atoms with Crippen LogP contribution in [0.4, 0.5) is 5.69 Å². The van der Waals surface area contributed by atoms with E-state index in [0.29, 0.717) is 38.0 Å². The number of hydrogen-bond donors (Lipinski definition) is 1. The summed E-state index contributed by atoms with van der Waals surface area (Å²) in [5.74, 6) is -0.335. The molecule has 1 amide bonds. The Bertz CT molecular complexity index is 778. The third kappa shape index (κ3) is 3.72. The molecule has 1 N–H and O–H groups in total. The molecule has 2 saturated heterocycles. The maximum Gasteiger partial charge on any atom is 0.253 e. The molecule has 26 heavy (non-hydrogen) atoms. The van der Waals surface area contributed by atoms with Crippen LogP contribution in [0, 0.1) is 5.92 Å². The van der Waals surface area contributed by atoms with Crippen molar-refractivity contribution in [1.82, 2.24) is 9.21 Å². The van der Waals surface area contributed by atoms with Crippen molar-refractivity contribution >= 4 is 21.6 Å². The second-order valence-electron chi connectivity index (χ2n) is 7.61. The van der Waals surface area contributed by atoms with Crippen molar-refractivity contribution < 1.29 is 18.3 Å². The van der Waals surface area contributed by atoms with Gasteiger partial charge >= 0.3 is 0 Å². The third-order valence-electron chi connectivity index (χ3n) is 5.62. The molecule has 3 rings (SSSR count). The van der Waals surface area contributed by atoms with E-state index in [2.05, 4.69) is 0 Å². The Morgan fingerprint density at radius 1 is 1.15 bits per heavy atom. The van der Waals surface area contributed by atoms with Gasteiger partial charge < -0.3 is 14.9 Å². The van der Waals surface area contributed by atoms with E-state index >= 15 is 0 Å². The van der Waals surface area contributed by atoms with Gasteiger partial charge in [-0.2, -0.15) is 0 Å². The van der Waals surface area contributed by atoms with E-state index in [-0.39, 0.29) is 18.4 Å². The first kappa shape index (κ1) is 19.1. The van der Waals surface area contributed by atoms with E-state index in [1.165, 1.54) is 10.6 Å². The number of piperidine rings is 2. The smallest absolute Gasteiger partial charge is 0.253 e. The third-order valence-corrected chi connectivity index (χ3v) is 6.89. The maximum absolute atomic E-state index is 12.8. The topological polar surface area (TPSA) is 81.2 Å². The number of benzene rings is 1. The molecule has 0 unspecified atom stereocenters. The SMILES string of the molecule is CN(C)c1ccc(C(=O)N2CC[C@@]3(O)CCN(S(C)(=O)=O)C[C@H]3C2)cc1. The van der Waals surface area contributed by atoms with Gasteiger partial charge in [-0.05, 0) is 37.1 Å². The van der Waals surface area contributed by atoms with Crippen LogP contribution in [0.5, 0.6) is 0 Å². The standard InChI is InChI=1S/C18H27N3O4S/c1-19(2)16-6-4-14(5-7-16)17(22)20-10-8-18(23)9-11-21(26(3,24)25)13-15(18)12-20/h4-7,15,23H,8-13H2,1-3H3/t15-,18-/m1/s1. The van der Waals surface area contributed by atoms with Crippen LogP contribution in [0.2, 0.25) is 0 Å². The Balaban J connectivity index is 1.73. The molecule has 2 aliphatic rings. The van der Waals surface area contributed by atoms with E-state index in [4.69, 9.17) is 0 Å². The van der Waals surface area contributed by atoms with Crippen LogP contribution >= 0.6 is 0 Å². The zero-order chi connectivity index (χ0) is 19.1. The average Bonchev–Trinajstić information content (AvgIpc) is 2.59. The zero-order valence-electron chi connectivity index (χ0n) is 15.6. The molecule has 2 atom stereocenters. The first-order valence-electron chi connectivity index (χ1n) is 8.84. The van der Waals surface area contributed by atoms with Crippen molar-refractivity contribution in [2.24, 2.45) is 5.92 Å². The molecular weight excluding hydrogens is 354 g/mol. The van der Waals surface area contributed by atoms with Gasteiger partial charge in [0.05, 0.1) is 11.9 Å². The predicted octanol–water partition coefficient (Wildman–Crippen LogP) is 0.611. The normalized spacial score (nSPS) is 27.1. The molecule has 1 aromatic rings. The number of carbonyl (C=O) groups is 1. The largest absolute Gasteiger partial charge is 0.389 e. The summed E-state index contributed by atoms with van der Waals surface area (Å²) < 4.78 is 25.1. The highest BCUT2D eigenvalue weighted by Crippen LogP contribution is 2.36. The number of nitrogens with zero attached hydrogens (tertiary/aromatic N) is 3. The minimum Gasteiger partial charge on any atom is -0.389 e. The second kappa shape index (κ2) is 6.83. The van der Waals surface area contributed by atoms with Crippen LogP contribution in [0.1, 0.15) is 23.2 Å². The number of amides is 1. The molecule has 0 aliphatic carbocycles. The molecule has 8 heteroatoms.